The van der Waals surface area contributed by atoms with E-state index in [4.69, 9.17) is 0 Å². The molecule has 0 amide bonds. The Hall–Kier alpha value is -0.820. The van der Waals surface area contributed by atoms with Crippen molar-refractivity contribution in [2.45, 2.75) is 45.2 Å². The van der Waals surface area contributed by atoms with Gasteiger partial charge < -0.3 is 5.32 Å². The number of nitrogens with one attached hydrogen (secondary N) is 1. The highest BCUT2D eigenvalue weighted by molar-refractivity contribution is 5.18. The van der Waals surface area contributed by atoms with Gasteiger partial charge in [-0.25, -0.2) is 0 Å². The van der Waals surface area contributed by atoms with Gasteiger partial charge in [-0.3, -0.25) is 0 Å². The molecule has 1 aliphatic rings. The summed E-state index contributed by atoms with van der Waals surface area (Å²) in [6.45, 7) is 4.55. The molecule has 15 heavy (non-hydrogen) atoms. The van der Waals surface area contributed by atoms with E-state index in [1.165, 1.54) is 24.8 Å². The Labute approximate surface area is 92.9 Å². The van der Waals surface area contributed by atoms with Crippen LogP contribution in [0.4, 0.5) is 0 Å². The molecule has 0 aromatic heterocycles. The van der Waals surface area contributed by atoms with Gasteiger partial charge in [0.15, 0.2) is 0 Å². The Morgan fingerprint density at radius 2 is 1.87 bits per heavy atom. The molecular weight excluding hydrogens is 182 g/mol. The van der Waals surface area contributed by atoms with E-state index in [-0.39, 0.29) is 0 Å². The van der Waals surface area contributed by atoms with Crippen molar-refractivity contribution in [2.75, 3.05) is 0 Å². The fraction of sp³-hybridized carbons (Fsp3) is 0.571. The van der Waals surface area contributed by atoms with Gasteiger partial charge in [-0.05, 0) is 31.7 Å². The molecule has 1 N–H and O–H groups in total. The van der Waals surface area contributed by atoms with Gasteiger partial charge in [-0.1, -0.05) is 43.2 Å². The number of hydrogen-bond donors (Lipinski definition) is 1. The van der Waals surface area contributed by atoms with Crippen LogP contribution in [0.5, 0.6) is 0 Å². The summed E-state index contributed by atoms with van der Waals surface area (Å²) in [5.41, 5.74) is 1.39. The lowest BCUT2D eigenvalue weighted by molar-refractivity contribution is 0.438. The number of hydrogen-bond acceptors (Lipinski definition) is 1. The second-order valence-electron chi connectivity index (χ2n) is 4.88. The van der Waals surface area contributed by atoms with Crippen molar-refractivity contribution >= 4 is 0 Å². The van der Waals surface area contributed by atoms with Crippen LogP contribution in [0.3, 0.4) is 0 Å². The van der Waals surface area contributed by atoms with Crippen LogP contribution in [-0.4, -0.2) is 6.04 Å². The first-order valence-corrected chi connectivity index (χ1v) is 6.06. The molecule has 2 atom stereocenters. The quantitative estimate of drug-likeness (QED) is 0.772. The number of benzene rings is 1. The maximum atomic E-state index is 3.67. The van der Waals surface area contributed by atoms with E-state index in [0.717, 1.165) is 5.92 Å². The first kappa shape index (κ1) is 10.7. The molecule has 1 saturated carbocycles. The van der Waals surface area contributed by atoms with Crippen LogP contribution >= 0.6 is 0 Å². The fourth-order valence-electron chi connectivity index (χ4n) is 2.19. The molecule has 2 rings (SSSR count). The largest absolute Gasteiger partial charge is 0.308 e. The lowest BCUT2D eigenvalue weighted by atomic mass is 10.1. The molecule has 0 radical (unpaired) electrons. The van der Waals surface area contributed by atoms with Gasteiger partial charge in [-0.2, -0.15) is 0 Å². The highest BCUT2D eigenvalue weighted by Crippen LogP contribution is 2.33. The predicted molar refractivity (Wildman–Crippen MR) is 64.8 cm³/mol. The summed E-state index contributed by atoms with van der Waals surface area (Å²) in [6.07, 6.45) is 4.24. The fourth-order valence-corrected chi connectivity index (χ4v) is 2.19. The van der Waals surface area contributed by atoms with Crippen LogP contribution in [0.25, 0.3) is 0 Å². The maximum absolute atomic E-state index is 3.67. The van der Waals surface area contributed by atoms with Gasteiger partial charge in [0.05, 0.1) is 0 Å². The van der Waals surface area contributed by atoms with E-state index in [2.05, 4.69) is 49.5 Å². The highest BCUT2D eigenvalue weighted by Gasteiger charge is 2.23. The molecule has 1 aromatic rings. The van der Waals surface area contributed by atoms with Crippen molar-refractivity contribution in [2.24, 2.45) is 5.92 Å². The minimum absolute atomic E-state index is 0.472. The smallest absolute Gasteiger partial charge is 0.0294 e. The van der Waals surface area contributed by atoms with Gasteiger partial charge in [0.2, 0.25) is 0 Å². The molecule has 2 unspecified atom stereocenters. The zero-order chi connectivity index (χ0) is 10.7. The Kier molecular flexibility index (Phi) is 3.42. The van der Waals surface area contributed by atoms with E-state index < -0.39 is 0 Å². The van der Waals surface area contributed by atoms with E-state index >= 15 is 0 Å². The summed E-state index contributed by atoms with van der Waals surface area (Å²) in [5.74, 6) is 1.01. The summed E-state index contributed by atoms with van der Waals surface area (Å²) in [5, 5.41) is 3.67. The average Bonchev–Trinajstić information content (AvgIpc) is 3.03. The molecule has 0 bridgehead atoms. The SMILES string of the molecule is CC(CC1CC1)NC(C)c1ccccc1. The summed E-state index contributed by atoms with van der Waals surface area (Å²) in [4.78, 5) is 0. The molecule has 1 aliphatic carbocycles. The van der Waals surface area contributed by atoms with Crippen molar-refractivity contribution < 1.29 is 0 Å². The summed E-state index contributed by atoms with van der Waals surface area (Å²) in [6, 6.07) is 11.8. The molecule has 1 nitrogen and oxygen atoms in total. The van der Waals surface area contributed by atoms with E-state index in [1.807, 2.05) is 0 Å². The van der Waals surface area contributed by atoms with Crippen LogP contribution in [0, 0.1) is 5.92 Å². The lowest BCUT2D eigenvalue weighted by Gasteiger charge is -2.20. The Balaban J connectivity index is 1.82. The second kappa shape index (κ2) is 4.80. The first-order chi connectivity index (χ1) is 7.25. The molecule has 0 aliphatic heterocycles. The topological polar surface area (TPSA) is 12.0 Å². The third kappa shape index (κ3) is 3.35. The molecule has 1 heteroatoms. The monoisotopic (exact) mass is 203 g/mol. The minimum atomic E-state index is 0.472. The third-order valence-electron chi connectivity index (χ3n) is 3.22. The average molecular weight is 203 g/mol. The Morgan fingerprint density at radius 3 is 2.47 bits per heavy atom. The lowest BCUT2D eigenvalue weighted by Crippen LogP contribution is -2.29. The van der Waals surface area contributed by atoms with Gasteiger partial charge in [0.1, 0.15) is 0 Å². The highest BCUT2D eigenvalue weighted by atomic mass is 14.9. The normalized spacial score (nSPS) is 19.9. The van der Waals surface area contributed by atoms with E-state index in [0.29, 0.717) is 12.1 Å². The van der Waals surface area contributed by atoms with Crippen LogP contribution in [-0.2, 0) is 0 Å². The van der Waals surface area contributed by atoms with Crippen molar-refractivity contribution in [1.29, 1.82) is 0 Å². The predicted octanol–water partition coefficient (Wildman–Crippen LogP) is 3.53. The van der Waals surface area contributed by atoms with E-state index in [1.54, 1.807) is 0 Å². The van der Waals surface area contributed by atoms with Gasteiger partial charge in [0.25, 0.3) is 0 Å². The third-order valence-corrected chi connectivity index (χ3v) is 3.22. The van der Waals surface area contributed by atoms with Crippen molar-refractivity contribution in [3.8, 4) is 0 Å². The van der Waals surface area contributed by atoms with Crippen molar-refractivity contribution in [1.82, 2.24) is 5.32 Å². The summed E-state index contributed by atoms with van der Waals surface area (Å²) < 4.78 is 0. The molecule has 0 spiro atoms. The zero-order valence-corrected chi connectivity index (χ0v) is 9.74. The van der Waals surface area contributed by atoms with Gasteiger partial charge >= 0.3 is 0 Å². The molecule has 1 aromatic carbocycles. The Bertz CT molecular complexity index is 289. The standard InChI is InChI=1S/C14H21N/c1-11(10-13-8-9-13)15-12(2)14-6-4-3-5-7-14/h3-7,11-13,15H,8-10H2,1-2H3. The molecule has 82 valence electrons. The van der Waals surface area contributed by atoms with Crippen LogP contribution in [0.1, 0.15) is 44.7 Å². The van der Waals surface area contributed by atoms with Crippen LogP contribution in [0.15, 0.2) is 30.3 Å². The minimum Gasteiger partial charge on any atom is -0.308 e. The second-order valence-corrected chi connectivity index (χ2v) is 4.88. The van der Waals surface area contributed by atoms with Crippen LogP contribution < -0.4 is 5.32 Å². The maximum Gasteiger partial charge on any atom is 0.0294 e. The summed E-state index contributed by atoms with van der Waals surface area (Å²) >= 11 is 0. The van der Waals surface area contributed by atoms with Crippen molar-refractivity contribution in [3.63, 3.8) is 0 Å². The van der Waals surface area contributed by atoms with Crippen molar-refractivity contribution in [3.05, 3.63) is 35.9 Å². The van der Waals surface area contributed by atoms with Gasteiger partial charge in [-0.15, -0.1) is 0 Å². The number of rotatable bonds is 5. The molecule has 0 saturated heterocycles. The zero-order valence-electron chi connectivity index (χ0n) is 9.74. The van der Waals surface area contributed by atoms with E-state index in [9.17, 15) is 0 Å². The van der Waals surface area contributed by atoms with Crippen LogP contribution in [0.2, 0.25) is 0 Å². The Morgan fingerprint density at radius 1 is 1.20 bits per heavy atom. The molecule has 0 heterocycles. The molecule has 1 fully saturated rings. The first-order valence-electron chi connectivity index (χ1n) is 6.06. The van der Waals surface area contributed by atoms with Gasteiger partial charge in [0, 0.05) is 12.1 Å². The summed E-state index contributed by atoms with van der Waals surface area (Å²) in [7, 11) is 0. The molecular formula is C14H21N.